The lowest BCUT2D eigenvalue weighted by atomic mass is 9.99. The number of aliphatic hydroxyl groups excluding tert-OH is 5. The van der Waals surface area contributed by atoms with Crippen LogP contribution in [0, 0.1) is 0 Å². The number of carbonyl (C=O) groups excluding carboxylic acids is 1. The first-order valence-electron chi connectivity index (χ1n) is 21.4. The third kappa shape index (κ3) is 25.8. The summed E-state index contributed by atoms with van der Waals surface area (Å²) in [7, 11) is 0. The Balaban J connectivity index is 2.37. The molecule has 0 radical (unpaired) electrons. The molecule has 0 spiro atoms. The van der Waals surface area contributed by atoms with Crippen molar-refractivity contribution in [1.82, 2.24) is 5.32 Å². The summed E-state index contributed by atoms with van der Waals surface area (Å²) in [4.78, 5) is 12.9. The average molecular weight is 750 g/mol. The Morgan fingerprint density at radius 1 is 0.642 bits per heavy atom. The topological polar surface area (TPSA) is 149 Å². The minimum absolute atomic E-state index is 0.195. The second-order valence-electron chi connectivity index (χ2n) is 14.8. The van der Waals surface area contributed by atoms with Crippen molar-refractivity contribution in [1.29, 1.82) is 0 Å². The van der Waals surface area contributed by atoms with Crippen molar-refractivity contribution in [2.75, 3.05) is 13.2 Å². The fraction of sp³-hybridized carbons (Fsp3) is 0.795. The first-order valence-corrected chi connectivity index (χ1v) is 21.4. The van der Waals surface area contributed by atoms with Crippen LogP contribution in [0.5, 0.6) is 0 Å². The fourth-order valence-electron chi connectivity index (χ4n) is 6.40. The first-order chi connectivity index (χ1) is 25.8. The lowest BCUT2D eigenvalue weighted by molar-refractivity contribution is -0.302. The van der Waals surface area contributed by atoms with Gasteiger partial charge in [-0.05, 0) is 57.8 Å². The summed E-state index contributed by atoms with van der Waals surface area (Å²) in [6, 6.07) is -0.821. The number of allylic oxidation sites excluding steroid dienone is 7. The van der Waals surface area contributed by atoms with Crippen LogP contribution in [0.1, 0.15) is 168 Å². The van der Waals surface area contributed by atoms with Crippen molar-refractivity contribution in [2.45, 2.75) is 211 Å². The maximum Gasteiger partial charge on any atom is 0.220 e. The van der Waals surface area contributed by atoms with Crippen LogP contribution in [0.3, 0.4) is 0 Å². The zero-order chi connectivity index (χ0) is 38.8. The summed E-state index contributed by atoms with van der Waals surface area (Å²) in [5.74, 6) is -0.195. The predicted molar refractivity (Wildman–Crippen MR) is 216 cm³/mol. The van der Waals surface area contributed by atoms with Gasteiger partial charge in [0.15, 0.2) is 6.29 Å². The number of nitrogens with one attached hydrogen (secondary N) is 1. The molecule has 0 bridgehead atoms. The van der Waals surface area contributed by atoms with Gasteiger partial charge in [0.1, 0.15) is 24.4 Å². The van der Waals surface area contributed by atoms with E-state index in [0.717, 1.165) is 44.9 Å². The lowest BCUT2D eigenvalue weighted by Gasteiger charge is -2.40. The molecule has 53 heavy (non-hydrogen) atoms. The highest BCUT2D eigenvalue weighted by Crippen LogP contribution is 2.22. The van der Waals surface area contributed by atoms with Gasteiger partial charge in [-0.2, -0.15) is 0 Å². The van der Waals surface area contributed by atoms with Gasteiger partial charge in [-0.25, -0.2) is 0 Å². The van der Waals surface area contributed by atoms with E-state index >= 15 is 0 Å². The molecule has 9 nitrogen and oxygen atoms in total. The number of amides is 1. The molecule has 7 unspecified atom stereocenters. The van der Waals surface area contributed by atoms with Crippen LogP contribution in [-0.4, -0.2) is 87.5 Å². The third-order valence-corrected chi connectivity index (χ3v) is 9.90. The Labute approximate surface area is 323 Å². The van der Waals surface area contributed by atoms with Gasteiger partial charge >= 0.3 is 0 Å². The monoisotopic (exact) mass is 750 g/mol. The highest BCUT2D eigenvalue weighted by molar-refractivity contribution is 5.76. The van der Waals surface area contributed by atoms with Crippen LogP contribution in [0.15, 0.2) is 48.6 Å². The summed E-state index contributed by atoms with van der Waals surface area (Å²) < 4.78 is 11.2. The largest absolute Gasteiger partial charge is 0.394 e. The molecular formula is C44H79NO8. The molecule has 7 atom stereocenters. The predicted octanol–water partition coefficient (Wildman–Crippen LogP) is 8.28. The molecule has 9 heteroatoms. The Morgan fingerprint density at radius 3 is 1.74 bits per heavy atom. The normalized spacial score (nSPS) is 22.1. The van der Waals surface area contributed by atoms with Gasteiger partial charge in [0.05, 0.1) is 25.4 Å². The second kappa shape index (κ2) is 34.6. The first kappa shape index (κ1) is 49.2. The standard InChI is InChI=1S/C44H79NO8/c1-3-5-7-9-11-13-15-16-17-18-19-20-21-22-24-26-28-30-32-34-40(48)45-37(36-52-44-43(51)42(50)41(49)39(35-46)53-44)38(47)33-31-29-27-25-23-14-12-10-8-6-4-2/h11,13,15-16,23,25,31,33,37-39,41-44,46-47,49-51H,3-10,12,14,17-22,24,26-30,32,34-36H2,1-2H3,(H,45,48)/b13-11-,16-15-,25-23+,33-31+. The molecule has 1 heterocycles. The summed E-state index contributed by atoms with van der Waals surface area (Å²) >= 11 is 0. The van der Waals surface area contributed by atoms with Gasteiger partial charge in [-0.3, -0.25) is 4.79 Å². The molecule has 1 aliphatic rings. The molecule has 0 aromatic carbocycles. The molecule has 1 saturated heterocycles. The molecule has 0 aromatic rings. The molecule has 0 aliphatic carbocycles. The van der Waals surface area contributed by atoms with Crippen LogP contribution < -0.4 is 5.32 Å². The van der Waals surface area contributed by atoms with Gasteiger partial charge in [0.2, 0.25) is 5.91 Å². The Kier molecular flexibility index (Phi) is 32.1. The minimum atomic E-state index is -1.57. The molecule has 308 valence electrons. The Hall–Kier alpha value is -1.85. The van der Waals surface area contributed by atoms with Crippen LogP contribution in [0.2, 0.25) is 0 Å². The third-order valence-electron chi connectivity index (χ3n) is 9.90. The molecule has 1 amide bonds. The fourth-order valence-corrected chi connectivity index (χ4v) is 6.40. The van der Waals surface area contributed by atoms with E-state index in [2.05, 4.69) is 55.6 Å². The number of aliphatic hydroxyl groups is 5. The smallest absolute Gasteiger partial charge is 0.220 e. The van der Waals surface area contributed by atoms with Crippen molar-refractivity contribution < 1.29 is 39.8 Å². The molecule has 1 aliphatic heterocycles. The van der Waals surface area contributed by atoms with E-state index in [4.69, 9.17) is 9.47 Å². The van der Waals surface area contributed by atoms with Crippen molar-refractivity contribution in [2.24, 2.45) is 0 Å². The molecule has 0 aromatic heterocycles. The molecule has 0 saturated carbocycles. The SMILES string of the molecule is CCCCC/C=C\C=C/CCCCCCCCCCCCC(=O)NC(COC1OC(CO)C(O)C(O)C1O)C(O)/C=C/CC/C=C/CCCCCCC. The average Bonchev–Trinajstić information content (AvgIpc) is 3.16. The number of unbranched alkanes of at least 4 members (excludes halogenated alkanes) is 19. The number of hydrogen-bond acceptors (Lipinski definition) is 8. The van der Waals surface area contributed by atoms with Crippen LogP contribution in [0.4, 0.5) is 0 Å². The quantitative estimate of drug-likeness (QED) is 0.0219. The van der Waals surface area contributed by atoms with E-state index in [1.165, 1.54) is 103 Å². The summed E-state index contributed by atoms with van der Waals surface area (Å²) in [6.45, 7) is 3.68. The van der Waals surface area contributed by atoms with Gasteiger partial charge in [0.25, 0.3) is 0 Å². The molecule has 1 rings (SSSR count). The van der Waals surface area contributed by atoms with Crippen LogP contribution >= 0.6 is 0 Å². The highest BCUT2D eigenvalue weighted by Gasteiger charge is 2.44. The van der Waals surface area contributed by atoms with Gasteiger partial charge in [0, 0.05) is 6.42 Å². The minimum Gasteiger partial charge on any atom is -0.394 e. The number of carbonyl (C=O) groups is 1. The molecule has 1 fully saturated rings. The van der Waals surface area contributed by atoms with E-state index in [1.807, 2.05) is 6.08 Å². The van der Waals surface area contributed by atoms with E-state index in [9.17, 15) is 30.3 Å². The second-order valence-corrected chi connectivity index (χ2v) is 14.8. The Morgan fingerprint density at radius 2 is 1.13 bits per heavy atom. The zero-order valence-electron chi connectivity index (χ0n) is 33.5. The highest BCUT2D eigenvalue weighted by atomic mass is 16.7. The molecular weight excluding hydrogens is 670 g/mol. The van der Waals surface area contributed by atoms with Crippen LogP contribution in [0.25, 0.3) is 0 Å². The van der Waals surface area contributed by atoms with E-state index in [-0.39, 0.29) is 12.5 Å². The molecule has 6 N–H and O–H groups in total. The van der Waals surface area contributed by atoms with Gasteiger partial charge in [-0.1, -0.05) is 152 Å². The van der Waals surface area contributed by atoms with Gasteiger partial charge < -0.3 is 40.3 Å². The summed E-state index contributed by atoms with van der Waals surface area (Å²) in [6.07, 6.45) is 35.8. The number of ether oxygens (including phenoxy) is 2. The lowest BCUT2D eigenvalue weighted by Crippen LogP contribution is -2.60. The van der Waals surface area contributed by atoms with E-state index < -0.39 is 49.5 Å². The van der Waals surface area contributed by atoms with E-state index in [1.54, 1.807) is 6.08 Å². The maximum absolute atomic E-state index is 12.9. The summed E-state index contributed by atoms with van der Waals surface area (Å²) in [5, 5.41) is 54.0. The number of hydrogen-bond donors (Lipinski definition) is 6. The van der Waals surface area contributed by atoms with Crippen molar-refractivity contribution in [3.8, 4) is 0 Å². The van der Waals surface area contributed by atoms with Crippen LogP contribution in [-0.2, 0) is 14.3 Å². The van der Waals surface area contributed by atoms with Crippen molar-refractivity contribution in [3.63, 3.8) is 0 Å². The number of rotatable bonds is 34. The van der Waals surface area contributed by atoms with Crippen molar-refractivity contribution >= 4 is 5.91 Å². The Bertz CT molecular complexity index is 967. The van der Waals surface area contributed by atoms with Crippen molar-refractivity contribution in [3.05, 3.63) is 48.6 Å². The van der Waals surface area contributed by atoms with E-state index in [0.29, 0.717) is 6.42 Å². The zero-order valence-corrected chi connectivity index (χ0v) is 33.5. The summed E-state index contributed by atoms with van der Waals surface area (Å²) in [5.41, 5.74) is 0. The maximum atomic E-state index is 12.9. The van der Waals surface area contributed by atoms with Gasteiger partial charge in [-0.15, -0.1) is 0 Å².